The lowest BCUT2D eigenvalue weighted by atomic mass is 9.59. The SMILES string of the molecule is O=C1C(Br)=CC2C1C1C3CCC3C2(Br)C12OCCO2. The first-order valence-electron chi connectivity index (χ1n) is 6.99. The van der Waals surface area contributed by atoms with Gasteiger partial charge >= 0.3 is 0 Å². The predicted molar refractivity (Wildman–Crippen MR) is 75.0 cm³/mol. The van der Waals surface area contributed by atoms with Crippen LogP contribution in [0.3, 0.4) is 0 Å². The van der Waals surface area contributed by atoms with Gasteiger partial charge in [-0.05, 0) is 40.6 Å². The number of ether oxygens (including phenoxy) is 2. The number of alkyl halides is 1. The Morgan fingerprint density at radius 2 is 2.00 bits per heavy atom. The van der Waals surface area contributed by atoms with E-state index in [-0.39, 0.29) is 27.9 Å². The Morgan fingerprint density at radius 3 is 2.63 bits per heavy atom. The van der Waals surface area contributed by atoms with Crippen LogP contribution in [0, 0.1) is 29.6 Å². The first-order valence-corrected chi connectivity index (χ1v) is 8.58. The third-order valence-electron chi connectivity index (χ3n) is 6.14. The van der Waals surface area contributed by atoms with Crippen LogP contribution in [0.1, 0.15) is 12.8 Å². The highest BCUT2D eigenvalue weighted by Crippen LogP contribution is 2.78. The molecule has 3 saturated carbocycles. The molecule has 0 N–H and O–H groups in total. The molecular weight excluding hydrogens is 376 g/mol. The molecule has 0 aromatic carbocycles. The molecular formula is C14H14Br2O3. The molecule has 0 aromatic heterocycles. The Labute approximate surface area is 128 Å². The van der Waals surface area contributed by atoms with Gasteiger partial charge in [0.15, 0.2) is 11.6 Å². The van der Waals surface area contributed by atoms with Crippen molar-refractivity contribution in [3.63, 3.8) is 0 Å². The molecule has 5 aliphatic rings. The van der Waals surface area contributed by atoms with Gasteiger partial charge < -0.3 is 9.47 Å². The molecule has 1 saturated heterocycles. The molecule has 6 unspecified atom stereocenters. The van der Waals surface area contributed by atoms with Crippen LogP contribution in [0.4, 0.5) is 0 Å². The molecule has 4 aliphatic carbocycles. The molecule has 1 heterocycles. The highest BCUT2D eigenvalue weighted by molar-refractivity contribution is 9.12. The number of halogens is 2. The zero-order valence-electron chi connectivity index (χ0n) is 10.3. The van der Waals surface area contributed by atoms with Gasteiger partial charge in [0, 0.05) is 17.8 Å². The summed E-state index contributed by atoms with van der Waals surface area (Å²) in [6.07, 6.45) is 4.54. The van der Waals surface area contributed by atoms with E-state index in [1.165, 1.54) is 12.8 Å². The van der Waals surface area contributed by atoms with E-state index in [0.717, 1.165) is 4.48 Å². The molecule has 4 fully saturated rings. The molecule has 5 heteroatoms. The highest BCUT2D eigenvalue weighted by atomic mass is 79.9. The van der Waals surface area contributed by atoms with Crippen LogP contribution in [0.15, 0.2) is 10.6 Å². The van der Waals surface area contributed by atoms with Crippen molar-refractivity contribution < 1.29 is 14.3 Å². The first kappa shape index (κ1) is 11.9. The number of allylic oxidation sites excluding steroid dienone is 2. The Hall–Kier alpha value is 0.290. The van der Waals surface area contributed by atoms with Crippen LogP contribution < -0.4 is 0 Å². The van der Waals surface area contributed by atoms with E-state index in [4.69, 9.17) is 9.47 Å². The van der Waals surface area contributed by atoms with Gasteiger partial charge in [0.05, 0.1) is 22.0 Å². The molecule has 2 bridgehead atoms. The summed E-state index contributed by atoms with van der Waals surface area (Å²) in [4.78, 5) is 12.5. The van der Waals surface area contributed by atoms with Gasteiger partial charge in [0.1, 0.15) is 0 Å². The average molecular weight is 390 g/mol. The Kier molecular flexibility index (Phi) is 2.11. The molecule has 19 heavy (non-hydrogen) atoms. The molecule has 102 valence electrons. The Morgan fingerprint density at radius 1 is 1.26 bits per heavy atom. The van der Waals surface area contributed by atoms with Crippen molar-refractivity contribution in [1.29, 1.82) is 0 Å². The maximum Gasteiger partial charge on any atom is 0.188 e. The standard InChI is InChI=1S/C14H14Br2O3/c15-9-5-8-10(12(9)17)11-6-1-2-7(6)13(8,16)14(11)18-3-4-19-14/h5-8,10-11H,1-4H2. The summed E-state index contributed by atoms with van der Waals surface area (Å²) < 4.78 is 12.8. The molecule has 3 nitrogen and oxygen atoms in total. The van der Waals surface area contributed by atoms with Crippen LogP contribution in [-0.4, -0.2) is 29.1 Å². The van der Waals surface area contributed by atoms with Gasteiger partial charge in [-0.15, -0.1) is 0 Å². The summed E-state index contributed by atoms with van der Waals surface area (Å²) in [5.41, 5.74) is 0. The van der Waals surface area contributed by atoms with E-state index in [1.54, 1.807) is 0 Å². The number of carbonyl (C=O) groups is 1. The van der Waals surface area contributed by atoms with Crippen LogP contribution >= 0.6 is 31.9 Å². The molecule has 6 atom stereocenters. The Balaban J connectivity index is 1.74. The number of ketones is 1. The topological polar surface area (TPSA) is 35.5 Å². The summed E-state index contributed by atoms with van der Waals surface area (Å²) in [6, 6.07) is 0. The van der Waals surface area contributed by atoms with Crippen LogP contribution in [0.2, 0.25) is 0 Å². The zero-order valence-corrected chi connectivity index (χ0v) is 13.4. The van der Waals surface area contributed by atoms with Gasteiger partial charge in [-0.2, -0.15) is 0 Å². The third-order valence-corrected chi connectivity index (χ3v) is 8.47. The smallest absolute Gasteiger partial charge is 0.188 e. The van der Waals surface area contributed by atoms with E-state index in [0.29, 0.717) is 25.0 Å². The van der Waals surface area contributed by atoms with Crippen molar-refractivity contribution in [2.24, 2.45) is 29.6 Å². The van der Waals surface area contributed by atoms with Gasteiger partial charge in [-0.3, -0.25) is 4.79 Å². The van der Waals surface area contributed by atoms with E-state index in [9.17, 15) is 4.79 Å². The van der Waals surface area contributed by atoms with Gasteiger partial charge in [0.25, 0.3) is 0 Å². The van der Waals surface area contributed by atoms with Gasteiger partial charge in [-0.1, -0.05) is 22.0 Å². The van der Waals surface area contributed by atoms with E-state index >= 15 is 0 Å². The number of hydrogen-bond donors (Lipinski definition) is 0. The number of Topliss-reactive ketones (excluding diaryl/α,β-unsaturated/α-hetero) is 1. The molecule has 5 rings (SSSR count). The maximum atomic E-state index is 12.5. The fourth-order valence-electron chi connectivity index (χ4n) is 5.53. The van der Waals surface area contributed by atoms with Crippen molar-refractivity contribution >= 4 is 37.6 Å². The highest BCUT2D eigenvalue weighted by Gasteiger charge is 2.84. The quantitative estimate of drug-likeness (QED) is 0.597. The monoisotopic (exact) mass is 388 g/mol. The Bertz CT molecular complexity index is 525. The summed E-state index contributed by atoms with van der Waals surface area (Å²) in [5, 5.41) is 0. The van der Waals surface area contributed by atoms with E-state index in [2.05, 4.69) is 37.9 Å². The fourth-order valence-corrected chi connectivity index (χ4v) is 7.56. The van der Waals surface area contributed by atoms with Crippen molar-refractivity contribution in [2.45, 2.75) is 23.0 Å². The molecule has 1 aliphatic heterocycles. The van der Waals surface area contributed by atoms with Gasteiger partial charge in [-0.25, -0.2) is 0 Å². The predicted octanol–water partition coefficient (Wildman–Crippen LogP) is 2.63. The lowest BCUT2D eigenvalue weighted by molar-refractivity contribution is -0.187. The van der Waals surface area contributed by atoms with Crippen molar-refractivity contribution in [2.75, 3.05) is 13.2 Å². The van der Waals surface area contributed by atoms with E-state index in [1.807, 2.05) is 0 Å². The number of hydrogen-bond acceptors (Lipinski definition) is 3. The largest absolute Gasteiger partial charge is 0.346 e. The first-order chi connectivity index (χ1) is 9.11. The normalized spacial score (nSPS) is 56.2. The summed E-state index contributed by atoms with van der Waals surface area (Å²) in [6.45, 7) is 1.31. The summed E-state index contributed by atoms with van der Waals surface area (Å²) >= 11 is 7.45. The van der Waals surface area contributed by atoms with Crippen LogP contribution in [0.25, 0.3) is 0 Å². The fraction of sp³-hybridized carbons (Fsp3) is 0.786. The average Bonchev–Trinajstić information content (AvgIpc) is 2.99. The minimum atomic E-state index is -0.548. The second kappa shape index (κ2) is 3.37. The van der Waals surface area contributed by atoms with E-state index < -0.39 is 5.79 Å². The maximum absolute atomic E-state index is 12.5. The number of carbonyl (C=O) groups excluding carboxylic acids is 1. The molecule has 0 aromatic rings. The van der Waals surface area contributed by atoms with Crippen LogP contribution in [0.5, 0.6) is 0 Å². The minimum absolute atomic E-state index is 0.0494. The van der Waals surface area contributed by atoms with Crippen molar-refractivity contribution in [3.8, 4) is 0 Å². The molecule has 1 spiro atoms. The summed E-state index contributed by atoms with van der Waals surface area (Å²) in [5.74, 6) is 1.40. The third kappa shape index (κ3) is 1.01. The summed E-state index contributed by atoms with van der Waals surface area (Å²) in [7, 11) is 0. The second-order valence-corrected chi connectivity index (χ2v) is 8.60. The minimum Gasteiger partial charge on any atom is -0.346 e. The zero-order chi connectivity index (χ0) is 13.0. The van der Waals surface area contributed by atoms with Crippen LogP contribution in [-0.2, 0) is 14.3 Å². The van der Waals surface area contributed by atoms with Crippen molar-refractivity contribution in [1.82, 2.24) is 0 Å². The molecule has 0 amide bonds. The molecule has 0 radical (unpaired) electrons. The lowest BCUT2D eigenvalue weighted by Gasteiger charge is -2.47. The second-order valence-electron chi connectivity index (χ2n) is 6.44. The number of rotatable bonds is 0. The van der Waals surface area contributed by atoms with Crippen molar-refractivity contribution in [3.05, 3.63) is 10.6 Å². The lowest BCUT2D eigenvalue weighted by Crippen LogP contribution is -2.52. The van der Waals surface area contributed by atoms with Gasteiger partial charge in [0.2, 0.25) is 0 Å². The number of fused-ring (bicyclic) bond motifs is 6.